The van der Waals surface area contributed by atoms with Gasteiger partial charge in [-0.1, -0.05) is 29.3 Å². The molecule has 1 saturated heterocycles. The van der Waals surface area contributed by atoms with Crippen LogP contribution in [0.1, 0.15) is 29.1 Å². The van der Waals surface area contributed by atoms with Crippen molar-refractivity contribution in [3.8, 4) is 0 Å². The second-order valence-corrected chi connectivity index (χ2v) is 6.03. The number of rotatable bonds is 4. The number of aromatic nitrogens is 1. The zero-order valence-corrected chi connectivity index (χ0v) is 14.5. The first-order chi connectivity index (χ1) is 11.6. The van der Waals surface area contributed by atoms with Crippen LogP contribution in [0.4, 0.5) is 6.01 Å². The number of carbonyl (C=O) groups is 1. The van der Waals surface area contributed by atoms with Gasteiger partial charge in [0.2, 0.25) is 0 Å². The lowest BCUT2D eigenvalue weighted by molar-refractivity contribution is 0.0380. The highest BCUT2D eigenvalue weighted by atomic mass is 35.5. The standard InChI is InChI=1S/C16H16Cl2N2O4/c1-2-22-15(21)13-9-24-16(19-13)20-5-6-23-14(8-20)10-3-4-11(17)12(18)7-10/h3-4,7,9,14H,2,5-6,8H2,1H3/t14-/m0/s1. The van der Waals surface area contributed by atoms with Crippen molar-refractivity contribution in [2.75, 3.05) is 31.2 Å². The van der Waals surface area contributed by atoms with Crippen LogP contribution in [0.2, 0.25) is 10.0 Å². The van der Waals surface area contributed by atoms with Crippen LogP contribution in [0.5, 0.6) is 0 Å². The second kappa shape index (κ2) is 7.42. The average molecular weight is 371 g/mol. The number of benzene rings is 1. The van der Waals surface area contributed by atoms with E-state index in [1.807, 2.05) is 11.0 Å². The summed E-state index contributed by atoms with van der Waals surface area (Å²) in [5.74, 6) is -0.498. The molecule has 1 aliphatic heterocycles. The number of hydrogen-bond acceptors (Lipinski definition) is 6. The third-order valence-corrected chi connectivity index (χ3v) is 4.37. The molecule has 0 radical (unpaired) electrons. The van der Waals surface area contributed by atoms with E-state index in [0.717, 1.165) is 5.56 Å². The molecule has 2 heterocycles. The SMILES string of the molecule is CCOC(=O)c1coc(N2CCO[C@H](c3ccc(Cl)c(Cl)c3)C2)n1. The van der Waals surface area contributed by atoms with E-state index in [-0.39, 0.29) is 18.4 Å². The average Bonchev–Trinajstić information content (AvgIpc) is 3.08. The van der Waals surface area contributed by atoms with Crippen molar-refractivity contribution in [1.82, 2.24) is 4.98 Å². The fourth-order valence-electron chi connectivity index (χ4n) is 2.45. The van der Waals surface area contributed by atoms with E-state index in [1.165, 1.54) is 6.26 Å². The lowest BCUT2D eigenvalue weighted by Gasteiger charge is -2.32. The van der Waals surface area contributed by atoms with Gasteiger partial charge in [-0.15, -0.1) is 0 Å². The molecule has 1 atom stereocenters. The Bertz CT molecular complexity index is 735. The van der Waals surface area contributed by atoms with E-state index < -0.39 is 5.97 Å². The zero-order valence-electron chi connectivity index (χ0n) is 13.0. The topological polar surface area (TPSA) is 64.8 Å². The number of halogens is 2. The molecule has 0 spiro atoms. The number of morpholine rings is 1. The molecule has 3 rings (SSSR count). The van der Waals surface area contributed by atoms with E-state index >= 15 is 0 Å². The Kier molecular flexibility index (Phi) is 5.28. The summed E-state index contributed by atoms with van der Waals surface area (Å²) in [4.78, 5) is 17.8. The van der Waals surface area contributed by atoms with Gasteiger partial charge in [-0.25, -0.2) is 4.79 Å². The quantitative estimate of drug-likeness (QED) is 0.763. The Hall–Kier alpha value is -1.76. The zero-order chi connectivity index (χ0) is 17.1. The van der Waals surface area contributed by atoms with Gasteiger partial charge in [0.05, 0.1) is 29.8 Å². The van der Waals surface area contributed by atoms with E-state index in [4.69, 9.17) is 37.1 Å². The summed E-state index contributed by atoms with van der Waals surface area (Å²) in [5, 5.41) is 0.982. The number of carbonyl (C=O) groups excluding carboxylic acids is 1. The molecule has 1 aromatic carbocycles. The van der Waals surface area contributed by atoms with Gasteiger partial charge in [0, 0.05) is 6.54 Å². The highest BCUT2D eigenvalue weighted by molar-refractivity contribution is 6.42. The third kappa shape index (κ3) is 3.66. The van der Waals surface area contributed by atoms with Crippen molar-refractivity contribution >= 4 is 35.2 Å². The molecule has 2 aromatic rings. The first kappa shape index (κ1) is 17.1. The van der Waals surface area contributed by atoms with Gasteiger partial charge in [-0.05, 0) is 24.6 Å². The van der Waals surface area contributed by atoms with Gasteiger partial charge >= 0.3 is 5.97 Å². The molecule has 0 aliphatic carbocycles. The van der Waals surface area contributed by atoms with Crippen LogP contribution in [0.3, 0.4) is 0 Å². The molecular weight excluding hydrogens is 355 g/mol. The van der Waals surface area contributed by atoms with Crippen molar-refractivity contribution < 1.29 is 18.7 Å². The Labute approximate surface area is 149 Å². The lowest BCUT2D eigenvalue weighted by atomic mass is 10.1. The summed E-state index contributed by atoms with van der Waals surface area (Å²) in [5.41, 5.74) is 1.08. The smallest absolute Gasteiger partial charge is 0.360 e. The molecule has 1 fully saturated rings. The largest absolute Gasteiger partial charge is 0.461 e. The van der Waals surface area contributed by atoms with Crippen LogP contribution in [0.25, 0.3) is 0 Å². The first-order valence-corrected chi connectivity index (χ1v) is 8.28. The molecule has 1 aliphatic rings. The molecule has 0 unspecified atom stereocenters. The molecule has 0 bridgehead atoms. The minimum absolute atomic E-state index is 0.157. The van der Waals surface area contributed by atoms with Crippen LogP contribution in [-0.4, -0.2) is 37.3 Å². The molecule has 0 saturated carbocycles. The molecule has 24 heavy (non-hydrogen) atoms. The molecular formula is C16H16Cl2N2O4. The maximum absolute atomic E-state index is 11.7. The number of hydrogen-bond donors (Lipinski definition) is 0. The normalized spacial score (nSPS) is 17.8. The highest BCUT2D eigenvalue weighted by Crippen LogP contribution is 2.30. The van der Waals surface area contributed by atoms with Gasteiger partial charge < -0.3 is 18.8 Å². The molecule has 0 amide bonds. The first-order valence-electron chi connectivity index (χ1n) is 7.52. The highest BCUT2D eigenvalue weighted by Gasteiger charge is 2.26. The number of esters is 1. The fraction of sp³-hybridized carbons (Fsp3) is 0.375. The maximum atomic E-state index is 11.7. The van der Waals surface area contributed by atoms with E-state index in [2.05, 4.69) is 4.98 Å². The van der Waals surface area contributed by atoms with Crippen molar-refractivity contribution in [3.05, 3.63) is 45.8 Å². The maximum Gasteiger partial charge on any atom is 0.360 e. The second-order valence-electron chi connectivity index (χ2n) is 5.21. The summed E-state index contributed by atoms with van der Waals surface area (Å²) < 4.78 is 16.1. The summed E-state index contributed by atoms with van der Waals surface area (Å²) in [7, 11) is 0. The Morgan fingerprint density at radius 1 is 1.42 bits per heavy atom. The molecule has 6 nitrogen and oxygen atoms in total. The summed E-state index contributed by atoms with van der Waals surface area (Å²) in [6, 6.07) is 5.77. The molecule has 1 aromatic heterocycles. The van der Waals surface area contributed by atoms with Crippen LogP contribution in [0.15, 0.2) is 28.9 Å². The number of nitrogens with zero attached hydrogens (tertiary/aromatic N) is 2. The van der Waals surface area contributed by atoms with Crippen LogP contribution >= 0.6 is 23.2 Å². The van der Waals surface area contributed by atoms with Crippen LogP contribution in [0, 0.1) is 0 Å². The van der Waals surface area contributed by atoms with Gasteiger partial charge in [0.15, 0.2) is 5.69 Å². The van der Waals surface area contributed by atoms with Gasteiger partial charge in [0.1, 0.15) is 12.4 Å². The van der Waals surface area contributed by atoms with Crippen molar-refractivity contribution in [1.29, 1.82) is 0 Å². The summed E-state index contributed by atoms with van der Waals surface area (Å²) in [6.07, 6.45) is 1.11. The van der Waals surface area contributed by atoms with E-state index in [9.17, 15) is 4.79 Å². The van der Waals surface area contributed by atoms with Crippen molar-refractivity contribution in [2.45, 2.75) is 13.0 Å². The molecule has 128 valence electrons. The Morgan fingerprint density at radius 3 is 3.00 bits per heavy atom. The van der Waals surface area contributed by atoms with Gasteiger partial charge in [-0.2, -0.15) is 4.98 Å². The minimum atomic E-state index is -0.498. The predicted octanol–water partition coefficient (Wildman–Crippen LogP) is 3.74. The third-order valence-electron chi connectivity index (χ3n) is 3.63. The molecule has 8 heteroatoms. The predicted molar refractivity (Wildman–Crippen MR) is 89.8 cm³/mol. The van der Waals surface area contributed by atoms with Crippen LogP contribution < -0.4 is 4.90 Å². The van der Waals surface area contributed by atoms with Crippen molar-refractivity contribution in [2.24, 2.45) is 0 Å². The lowest BCUT2D eigenvalue weighted by Crippen LogP contribution is -2.38. The monoisotopic (exact) mass is 370 g/mol. The summed E-state index contributed by atoms with van der Waals surface area (Å²) in [6.45, 7) is 3.67. The Balaban J connectivity index is 1.73. The van der Waals surface area contributed by atoms with Crippen molar-refractivity contribution in [3.63, 3.8) is 0 Å². The minimum Gasteiger partial charge on any atom is -0.461 e. The van der Waals surface area contributed by atoms with E-state index in [0.29, 0.717) is 35.8 Å². The number of oxazole rings is 1. The van der Waals surface area contributed by atoms with Gasteiger partial charge in [-0.3, -0.25) is 0 Å². The van der Waals surface area contributed by atoms with Gasteiger partial charge in [0.25, 0.3) is 6.01 Å². The molecule has 0 N–H and O–H groups in total. The number of anilines is 1. The van der Waals surface area contributed by atoms with E-state index in [1.54, 1.807) is 19.1 Å². The van der Waals surface area contributed by atoms with Crippen LogP contribution in [-0.2, 0) is 9.47 Å². The fourth-order valence-corrected chi connectivity index (χ4v) is 2.75. The number of ether oxygens (including phenoxy) is 2. The summed E-state index contributed by atoms with van der Waals surface area (Å²) >= 11 is 12.0. The Morgan fingerprint density at radius 2 is 2.25 bits per heavy atom.